The van der Waals surface area contributed by atoms with Crippen molar-refractivity contribution in [3.63, 3.8) is 0 Å². The average Bonchev–Trinajstić information content (AvgIpc) is 2.47. The molecule has 20 heavy (non-hydrogen) atoms. The van der Waals surface area contributed by atoms with Gasteiger partial charge in [0.2, 0.25) is 0 Å². The minimum absolute atomic E-state index is 0.0114. The van der Waals surface area contributed by atoms with Crippen LogP contribution in [-0.4, -0.2) is 12.6 Å². The van der Waals surface area contributed by atoms with Crippen LogP contribution < -0.4 is 5.43 Å². The van der Waals surface area contributed by atoms with Crippen molar-refractivity contribution in [1.82, 2.24) is 0 Å². The predicted molar refractivity (Wildman–Crippen MR) is 71.9 cm³/mol. The number of hydrogen-bond donors (Lipinski definition) is 0. The van der Waals surface area contributed by atoms with Gasteiger partial charge in [-0.3, -0.25) is 9.59 Å². The number of carbonyl (C=O) groups is 1. The van der Waals surface area contributed by atoms with Gasteiger partial charge in [0.1, 0.15) is 11.5 Å². The molecule has 0 saturated heterocycles. The van der Waals surface area contributed by atoms with Crippen molar-refractivity contribution >= 4 is 16.9 Å². The molecule has 1 heterocycles. The molecule has 2 aromatic rings. The Labute approximate surface area is 115 Å². The number of rotatable bonds is 4. The Morgan fingerprint density at radius 3 is 2.90 bits per heavy atom. The average molecular weight is 271 g/mol. The normalized spacial score (nSPS) is 11.8. The van der Waals surface area contributed by atoms with E-state index in [0.717, 1.165) is 0 Å². The van der Waals surface area contributed by atoms with E-state index in [1.54, 1.807) is 31.2 Å². The van der Waals surface area contributed by atoms with Crippen LogP contribution in [0.5, 0.6) is 0 Å². The number of nitriles is 1. The maximum Gasteiger partial charge on any atom is 0.323 e. The van der Waals surface area contributed by atoms with E-state index in [9.17, 15) is 9.59 Å². The number of ether oxygens (including phenoxy) is 1. The number of hydrogen-bond acceptors (Lipinski definition) is 5. The zero-order chi connectivity index (χ0) is 14.5. The highest BCUT2D eigenvalue weighted by Crippen LogP contribution is 2.13. The van der Waals surface area contributed by atoms with Gasteiger partial charge in [-0.05, 0) is 19.1 Å². The first-order valence-electron chi connectivity index (χ1n) is 6.23. The van der Waals surface area contributed by atoms with Gasteiger partial charge in [0.25, 0.3) is 0 Å². The van der Waals surface area contributed by atoms with Crippen LogP contribution >= 0.6 is 0 Å². The van der Waals surface area contributed by atoms with Crippen molar-refractivity contribution in [2.45, 2.75) is 13.3 Å². The van der Waals surface area contributed by atoms with Crippen molar-refractivity contribution in [3.8, 4) is 6.07 Å². The molecule has 1 atom stereocenters. The van der Waals surface area contributed by atoms with E-state index in [2.05, 4.69) is 0 Å². The van der Waals surface area contributed by atoms with Gasteiger partial charge in [0.15, 0.2) is 5.43 Å². The van der Waals surface area contributed by atoms with Crippen LogP contribution in [0.1, 0.15) is 12.5 Å². The van der Waals surface area contributed by atoms with Crippen LogP contribution in [0.15, 0.2) is 39.7 Å². The van der Waals surface area contributed by atoms with E-state index < -0.39 is 11.9 Å². The van der Waals surface area contributed by atoms with Gasteiger partial charge in [-0.2, -0.15) is 5.26 Å². The first-order chi connectivity index (χ1) is 9.67. The molecule has 2 rings (SSSR count). The summed E-state index contributed by atoms with van der Waals surface area (Å²) in [7, 11) is 0. The maximum absolute atomic E-state index is 12.2. The third kappa shape index (κ3) is 2.69. The highest BCUT2D eigenvalue weighted by atomic mass is 16.5. The van der Waals surface area contributed by atoms with E-state index in [-0.39, 0.29) is 18.5 Å². The number of benzene rings is 1. The molecule has 0 aliphatic heterocycles. The highest BCUT2D eigenvalue weighted by Gasteiger charge is 2.21. The summed E-state index contributed by atoms with van der Waals surface area (Å²) in [6.07, 6.45) is 1.29. The zero-order valence-electron chi connectivity index (χ0n) is 11.0. The molecule has 102 valence electrons. The first-order valence-corrected chi connectivity index (χ1v) is 6.23. The Morgan fingerprint density at radius 1 is 1.45 bits per heavy atom. The van der Waals surface area contributed by atoms with Crippen LogP contribution in [-0.2, 0) is 16.0 Å². The van der Waals surface area contributed by atoms with Gasteiger partial charge >= 0.3 is 5.97 Å². The summed E-state index contributed by atoms with van der Waals surface area (Å²) in [5, 5.41) is 9.44. The molecule has 1 aromatic carbocycles. The second-order valence-corrected chi connectivity index (χ2v) is 4.22. The van der Waals surface area contributed by atoms with Crippen molar-refractivity contribution in [2.75, 3.05) is 6.61 Å². The van der Waals surface area contributed by atoms with E-state index in [1.165, 1.54) is 6.26 Å². The van der Waals surface area contributed by atoms with Crippen molar-refractivity contribution in [2.24, 2.45) is 5.92 Å². The number of para-hydroxylation sites is 1. The lowest BCUT2D eigenvalue weighted by atomic mass is 10.0. The maximum atomic E-state index is 12.2. The molecule has 0 N–H and O–H groups in total. The number of nitrogens with zero attached hydrogens (tertiary/aromatic N) is 1. The molecule has 0 fully saturated rings. The second-order valence-electron chi connectivity index (χ2n) is 4.22. The Hall–Kier alpha value is -2.61. The van der Waals surface area contributed by atoms with Crippen LogP contribution in [0.2, 0.25) is 0 Å². The fraction of sp³-hybridized carbons (Fsp3) is 0.267. The summed E-state index contributed by atoms with van der Waals surface area (Å²) in [6, 6.07) is 8.69. The Kier molecular flexibility index (Phi) is 4.16. The van der Waals surface area contributed by atoms with Crippen molar-refractivity contribution < 1.29 is 13.9 Å². The van der Waals surface area contributed by atoms with E-state index in [1.807, 2.05) is 6.07 Å². The lowest BCUT2D eigenvalue weighted by molar-refractivity contribution is -0.145. The van der Waals surface area contributed by atoms with E-state index >= 15 is 0 Å². The SMILES string of the molecule is CCOC(=O)C(C#N)Cc1coc2ccccc2c1=O. The van der Waals surface area contributed by atoms with Crippen molar-refractivity contribution in [1.29, 1.82) is 5.26 Å². The van der Waals surface area contributed by atoms with Gasteiger partial charge in [0, 0.05) is 12.0 Å². The molecule has 0 spiro atoms. The van der Waals surface area contributed by atoms with Crippen LogP contribution in [0.3, 0.4) is 0 Å². The van der Waals surface area contributed by atoms with Crippen LogP contribution in [0.4, 0.5) is 0 Å². The number of fused-ring (bicyclic) bond motifs is 1. The van der Waals surface area contributed by atoms with Crippen LogP contribution in [0, 0.1) is 17.2 Å². The lowest BCUT2D eigenvalue weighted by Crippen LogP contribution is -2.21. The summed E-state index contributed by atoms with van der Waals surface area (Å²) in [5.41, 5.74) is 0.547. The second kappa shape index (κ2) is 6.02. The molecular weight excluding hydrogens is 258 g/mol. The Balaban J connectivity index is 2.34. The molecule has 0 radical (unpaired) electrons. The summed E-state index contributed by atoms with van der Waals surface area (Å²) >= 11 is 0. The van der Waals surface area contributed by atoms with Gasteiger partial charge < -0.3 is 9.15 Å². The predicted octanol–water partition coefficient (Wildman–Crippen LogP) is 2.04. The fourth-order valence-corrected chi connectivity index (χ4v) is 1.90. The smallest absolute Gasteiger partial charge is 0.323 e. The molecule has 0 saturated carbocycles. The summed E-state index contributed by atoms with van der Waals surface area (Å²) < 4.78 is 10.1. The molecule has 0 aliphatic carbocycles. The standard InChI is InChI=1S/C15H13NO4/c1-2-19-15(18)10(8-16)7-11-9-20-13-6-4-3-5-12(13)14(11)17/h3-6,9-10H,2,7H2,1H3. The van der Waals surface area contributed by atoms with Gasteiger partial charge in [-0.15, -0.1) is 0 Å². The summed E-state index contributed by atoms with van der Waals surface area (Å²) in [4.78, 5) is 23.8. The lowest BCUT2D eigenvalue weighted by Gasteiger charge is -2.08. The Bertz CT molecular complexity index is 726. The van der Waals surface area contributed by atoms with E-state index in [0.29, 0.717) is 16.5 Å². The molecule has 0 amide bonds. The van der Waals surface area contributed by atoms with Gasteiger partial charge in [0.05, 0.1) is 24.3 Å². The minimum atomic E-state index is -1.00. The monoisotopic (exact) mass is 271 g/mol. The summed E-state index contributed by atoms with van der Waals surface area (Å²) in [5.74, 6) is -1.62. The zero-order valence-corrected chi connectivity index (χ0v) is 11.0. The number of esters is 1. The molecule has 5 heteroatoms. The topological polar surface area (TPSA) is 80.3 Å². The molecule has 0 aliphatic rings. The van der Waals surface area contributed by atoms with Gasteiger partial charge in [-0.1, -0.05) is 12.1 Å². The quantitative estimate of drug-likeness (QED) is 0.795. The molecule has 1 aromatic heterocycles. The fourth-order valence-electron chi connectivity index (χ4n) is 1.90. The summed E-state index contributed by atoms with van der Waals surface area (Å²) in [6.45, 7) is 1.86. The minimum Gasteiger partial charge on any atom is -0.465 e. The molecule has 1 unspecified atom stereocenters. The third-order valence-corrected chi connectivity index (χ3v) is 2.90. The van der Waals surface area contributed by atoms with Crippen LogP contribution in [0.25, 0.3) is 11.0 Å². The molecule has 0 bridgehead atoms. The third-order valence-electron chi connectivity index (χ3n) is 2.90. The Morgan fingerprint density at radius 2 is 2.20 bits per heavy atom. The molecule has 5 nitrogen and oxygen atoms in total. The largest absolute Gasteiger partial charge is 0.465 e. The molecular formula is C15H13NO4. The first kappa shape index (κ1) is 13.8. The van der Waals surface area contributed by atoms with Crippen molar-refractivity contribution in [3.05, 3.63) is 46.3 Å². The number of carbonyl (C=O) groups excluding carboxylic acids is 1. The van der Waals surface area contributed by atoms with E-state index in [4.69, 9.17) is 14.4 Å². The highest BCUT2D eigenvalue weighted by molar-refractivity contribution is 5.78. The van der Waals surface area contributed by atoms with Gasteiger partial charge in [-0.25, -0.2) is 0 Å².